The van der Waals surface area contributed by atoms with Crippen LogP contribution in [-0.2, 0) is 14.6 Å². The summed E-state index contributed by atoms with van der Waals surface area (Å²) in [6.45, 7) is 0. The van der Waals surface area contributed by atoms with Crippen molar-refractivity contribution in [2.75, 3.05) is 23.4 Å². The molecule has 1 saturated carbocycles. The monoisotopic (exact) mass is 296 g/mol. The van der Waals surface area contributed by atoms with E-state index in [1.807, 2.05) is 0 Å². The van der Waals surface area contributed by atoms with Gasteiger partial charge >= 0.3 is 0 Å². The van der Waals surface area contributed by atoms with Crippen molar-refractivity contribution in [2.24, 2.45) is 0 Å². The highest BCUT2D eigenvalue weighted by Gasteiger charge is 2.31. The van der Waals surface area contributed by atoms with Crippen LogP contribution < -0.4 is 10.6 Å². The molecular weight excluding hydrogens is 276 g/mol. The summed E-state index contributed by atoms with van der Waals surface area (Å²) in [5.74, 6) is -0.819. The molecule has 20 heavy (non-hydrogen) atoms. The second-order valence-corrected chi connectivity index (χ2v) is 7.54. The van der Waals surface area contributed by atoms with Gasteiger partial charge in [-0.05, 0) is 37.1 Å². The molecule has 2 rings (SSSR count). The molecule has 0 aliphatic heterocycles. The van der Waals surface area contributed by atoms with E-state index >= 15 is 0 Å². The maximum absolute atomic E-state index is 12.2. The summed E-state index contributed by atoms with van der Waals surface area (Å²) < 4.78 is 24.3. The van der Waals surface area contributed by atoms with E-state index in [0.29, 0.717) is 24.2 Å². The van der Waals surface area contributed by atoms with Gasteiger partial charge in [0.15, 0.2) is 9.84 Å². The number of anilines is 2. The van der Waals surface area contributed by atoms with Gasteiger partial charge in [-0.1, -0.05) is 12.8 Å². The van der Waals surface area contributed by atoms with Gasteiger partial charge in [0, 0.05) is 18.4 Å². The summed E-state index contributed by atoms with van der Waals surface area (Å²) in [6.07, 6.45) is 3.24. The molecule has 110 valence electrons. The van der Waals surface area contributed by atoms with Crippen LogP contribution in [0.1, 0.15) is 25.7 Å². The van der Waals surface area contributed by atoms with Gasteiger partial charge in [0.2, 0.25) is 5.91 Å². The van der Waals surface area contributed by atoms with Gasteiger partial charge in [-0.2, -0.15) is 0 Å². The van der Waals surface area contributed by atoms with Crippen molar-refractivity contribution in [1.82, 2.24) is 0 Å². The third kappa shape index (κ3) is 3.30. The fraction of sp³-hybridized carbons (Fsp3) is 0.500. The molecule has 1 aliphatic rings. The van der Waals surface area contributed by atoms with E-state index in [1.165, 1.54) is 4.90 Å². The van der Waals surface area contributed by atoms with Crippen molar-refractivity contribution in [3.63, 3.8) is 0 Å². The van der Waals surface area contributed by atoms with Gasteiger partial charge in [0.25, 0.3) is 0 Å². The fourth-order valence-corrected chi connectivity index (χ4v) is 4.30. The summed E-state index contributed by atoms with van der Waals surface area (Å²) in [5.41, 5.74) is 6.84. The van der Waals surface area contributed by atoms with Crippen LogP contribution in [-0.4, -0.2) is 32.4 Å². The first-order valence-corrected chi connectivity index (χ1v) is 8.45. The number of nitrogen functional groups attached to an aromatic ring is 1. The second kappa shape index (κ2) is 5.83. The van der Waals surface area contributed by atoms with Gasteiger partial charge in [-0.25, -0.2) is 8.42 Å². The molecule has 1 aromatic carbocycles. The summed E-state index contributed by atoms with van der Waals surface area (Å²) in [6, 6.07) is 6.78. The molecule has 2 N–H and O–H groups in total. The molecule has 0 radical (unpaired) electrons. The molecule has 1 aliphatic carbocycles. The number of nitrogens with zero attached hydrogens (tertiary/aromatic N) is 1. The zero-order chi connectivity index (χ0) is 14.8. The zero-order valence-electron chi connectivity index (χ0n) is 11.6. The average Bonchev–Trinajstić information content (AvgIpc) is 2.93. The van der Waals surface area contributed by atoms with Crippen molar-refractivity contribution in [1.29, 1.82) is 0 Å². The van der Waals surface area contributed by atoms with Crippen molar-refractivity contribution in [3.05, 3.63) is 24.3 Å². The molecule has 0 unspecified atom stereocenters. The van der Waals surface area contributed by atoms with Crippen molar-refractivity contribution in [3.8, 4) is 0 Å². The van der Waals surface area contributed by atoms with E-state index in [1.54, 1.807) is 31.3 Å². The molecule has 1 fully saturated rings. The Hall–Kier alpha value is -1.56. The van der Waals surface area contributed by atoms with Gasteiger partial charge in [-0.15, -0.1) is 0 Å². The summed E-state index contributed by atoms with van der Waals surface area (Å²) in [4.78, 5) is 13.5. The Kier molecular flexibility index (Phi) is 4.32. The highest BCUT2D eigenvalue weighted by atomic mass is 32.2. The van der Waals surface area contributed by atoms with Crippen LogP contribution in [0.3, 0.4) is 0 Å². The molecule has 0 bridgehead atoms. The Morgan fingerprint density at radius 2 is 1.80 bits per heavy atom. The third-order valence-corrected chi connectivity index (χ3v) is 5.93. The third-order valence-electron chi connectivity index (χ3n) is 3.79. The number of benzene rings is 1. The number of rotatable bonds is 4. The predicted octanol–water partition coefficient (Wildman–Crippen LogP) is 1.59. The van der Waals surface area contributed by atoms with Crippen molar-refractivity contribution >= 4 is 27.1 Å². The number of sulfone groups is 1. The van der Waals surface area contributed by atoms with Crippen LogP contribution in [0.25, 0.3) is 0 Å². The van der Waals surface area contributed by atoms with Gasteiger partial charge in [-0.3, -0.25) is 4.79 Å². The van der Waals surface area contributed by atoms with Crippen molar-refractivity contribution in [2.45, 2.75) is 30.9 Å². The predicted molar refractivity (Wildman–Crippen MR) is 80.3 cm³/mol. The number of hydrogen-bond acceptors (Lipinski definition) is 4. The lowest BCUT2D eigenvalue weighted by atomic mass is 10.2. The van der Waals surface area contributed by atoms with Crippen LogP contribution in [0.5, 0.6) is 0 Å². The van der Waals surface area contributed by atoms with E-state index in [0.717, 1.165) is 12.8 Å². The molecule has 1 aromatic rings. The van der Waals surface area contributed by atoms with Crippen LogP contribution in [0.15, 0.2) is 24.3 Å². The summed E-state index contributed by atoms with van der Waals surface area (Å²) >= 11 is 0. The average molecular weight is 296 g/mol. The Morgan fingerprint density at radius 3 is 2.35 bits per heavy atom. The Labute approximate surface area is 119 Å². The quantitative estimate of drug-likeness (QED) is 0.856. The van der Waals surface area contributed by atoms with E-state index in [-0.39, 0.29) is 5.25 Å². The number of nitrogens with two attached hydrogens (primary N) is 1. The number of amides is 1. The molecule has 0 atom stereocenters. The number of carbonyl (C=O) groups excluding carboxylic acids is 1. The van der Waals surface area contributed by atoms with E-state index in [9.17, 15) is 13.2 Å². The molecular formula is C14H20N2O3S. The number of hydrogen-bond donors (Lipinski definition) is 1. The van der Waals surface area contributed by atoms with Crippen LogP contribution in [0.4, 0.5) is 11.4 Å². The molecule has 0 heterocycles. The Morgan fingerprint density at radius 1 is 1.25 bits per heavy atom. The number of carbonyl (C=O) groups is 1. The van der Waals surface area contributed by atoms with Crippen LogP contribution in [0.2, 0.25) is 0 Å². The topological polar surface area (TPSA) is 80.5 Å². The minimum atomic E-state index is -3.34. The molecule has 0 saturated heterocycles. The maximum atomic E-state index is 12.2. The van der Waals surface area contributed by atoms with E-state index < -0.39 is 21.5 Å². The fourth-order valence-electron chi connectivity index (χ4n) is 2.48. The lowest BCUT2D eigenvalue weighted by Crippen LogP contribution is -2.35. The molecule has 6 heteroatoms. The largest absolute Gasteiger partial charge is 0.399 e. The first-order valence-electron chi connectivity index (χ1n) is 6.74. The van der Waals surface area contributed by atoms with E-state index in [2.05, 4.69) is 0 Å². The Balaban J connectivity index is 2.05. The van der Waals surface area contributed by atoms with Crippen LogP contribution in [0, 0.1) is 0 Å². The van der Waals surface area contributed by atoms with Gasteiger partial charge in [0.05, 0.1) is 5.25 Å². The molecule has 1 amide bonds. The van der Waals surface area contributed by atoms with Gasteiger partial charge < -0.3 is 10.6 Å². The van der Waals surface area contributed by atoms with Crippen LogP contribution >= 0.6 is 0 Å². The molecule has 5 nitrogen and oxygen atoms in total. The summed E-state index contributed by atoms with van der Waals surface area (Å²) in [7, 11) is -1.75. The summed E-state index contributed by atoms with van der Waals surface area (Å²) in [5, 5.41) is -0.341. The molecule has 0 spiro atoms. The van der Waals surface area contributed by atoms with E-state index in [4.69, 9.17) is 5.73 Å². The first-order chi connectivity index (χ1) is 9.40. The molecule has 0 aromatic heterocycles. The normalized spacial score (nSPS) is 16.2. The maximum Gasteiger partial charge on any atom is 0.241 e. The lowest BCUT2D eigenvalue weighted by Gasteiger charge is -2.19. The SMILES string of the molecule is CN(C(=O)CS(=O)(=O)C1CCCC1)c1ccc(N)cc1. The van der Waals surface area contributed by atoms with Gasteiger partial charge in [0.1, 0.15) is 5.75 Å². The lowest BCUT2D eigenvalue weighted by molar-refractivity contribution is -0.115. The smallest absolute Gasteiger partial charge is 0.241 e. The van der Waals surface area contributed by atoms with Crippen molar-refractivity contribution < 1.29 is 13.2 Å². The standard InChI is InChI=1S/C14H20N2O3S/c1-16(12-8-6-11(15)7-9-12)14(17)10-20(18,19)13-4-2-3-5-13/h6-9,13H,2-5,10,15H2,1H3. The minimum Gasteiger partial charge on any atom is -0.399 e. The minimum absolute atomic E-state index is 0.341. The zero-order valence-corrected chi connectivity index (χ0v) is 12.4. The second-order valence-electron chi connectivity index (χ2n) is 5.26. The highest BCUT2D eigenvalue weighted by Crippen LogP contribution is 2.25. The highest BCUT2D eigenvalue weighted by molar-refractivity contribution is 7.92. The first kappa shape index (κ1) is 14.8. The Bertz CT molecular complexity index is 575.